The van der Waals surface area contributed by atoms with E-state index in [1.165, 1.54) is 0 Å². The van der Waals surface area contributed by atoms with Gasteiger partial charge in [0.05, 0.1) is 42.2 Å². The molecule has 6 rings (SSSR count). The molecule has 3 amide bonds. The normalized spacial score (nSPS) is 15.9. The summed E-state index contributed by atoms with van der Waals surface area (Å²) >= 11 is 0. The zero-order valence-corrected chi connectivity index (χ0v) is 23.7. The van der Waals surface area contributed by atoms with Gasteiger partial charge in [-0.1, -0.05) is 48.5 Å². The Kier molecular flexibility index (Phi) is 7.18. The van der Waals surface area contributed by atoms with Crippen molar-refractivity contribution in [1.82, 2.24) is 20.8 Å². The summed E-state index contributed by atoms with van der Waals surface area (Å²) in [7, 11) is 1.69. The van der Waals surface area contributed by atoms with Gasteiger partial charge in [-0.25, -0.2) is 0 Å². The van der Waals surface area contributed by atoms with Gasteiger partial charge in [-0.2, -0.15) is 5.10 Å². The molecule has 0 saturated carbocycles. The van der Waals surface area contributed by atoms with Crippen LogP contribution in [0.1, 0.15) is 28.4 Å². The molecule has 212 valence electrons. The van der Waals surface area contributed by atoms with Crippen LogP contribution in [-0.4, -0.2) is 53.6 Å². The van der Waals surface area contributed by atoms with E-state index in [2.05, 4.69) is 45.1 Å². The molecule has 42 heavy (non-hydrogen) atoms. The lowest BCUT2D eigenvalue weighted by atomic mass is 9.99. The maximum Gasteiger partial charge on any atom is 0.258 e. The summed E-state index contributed by atoms with van der Waals surface area (Å²) in [5.41, 5.74) is 4.54. The predicted octanol–water partition coefficient (Wildman–Crippen LogP) is 4.31. The lowest BCUT2D eigenvalue weighted by Crippen LogP contribution is -2.55. The van der Waals surface area contributed by atoms with E-state index >= 15 is 0 Å². The molecule has 2 atom stereocenters. The van der Waals surface area contributed by atoms with Crippen molar-refractivity contribution >= 4 is 50.8 Å². The minimum absolute atomic E-state index is 0.0225. The second-order valence-corrected chi connectivity index (χ2v) is 10.7. The van der Waals surface area contributed by atoms with Crippen LogP contribution in [0.3, 0.4) is 0 Å². The number of benzene rings is 4. The standard InChI is InChI=1S/C33H32N6O3/c1-20-12-13-22-8-4-5-9-25(22)26(20)18-38-29-10-6-7-11-30(29)39(19-28(33(38)42)36-31(40)21(2)34-3)32(41)23-14-15-27-24(16-23)17-35-37-27/h4-17,21,28,34H,18-19H2,1-3H3,(H,35,37)(H,36,40)/t21?,28-/m0/s1. The van der Waals surface area contributed by atoms with Crippen molar-refractivity contribution in [2.75, 3.05) is 23.4 Å². The first kappa shape index (κ1) is 27.2. The molecule has 9 heteroatoms. The SMILES string of the molecule is CNC(C)C(=O)N[C@H]1CN(C(=O)c2ccc3[nH]ncc3c2)c2ccccc2N(Cc2c(C)ccc3ccccc23)C1=O. The fraction of sp³-hybridized carbons (Fsp3) is 0.212. The third kappa shape index (κ3) is 4.88. The second kappa shape index (κ2) is 11.1. The second-order valence-electron chi connectivity index (χ2n) is 10.7. The number of rotatable bonds is 6. The lowest BCUT2D eigenvalue weighted by molar-refractivity contribution is -0.128. The number of fused-ring (bicyclic) bond motifs is 3. The van der Waals surface area contributed by atoms with Crippen LogP contribution in [0.5, 0.6) is 0 Å². The molecular formula is C33H32N6O3. The van der Waals surface area contributed by atoms with Gasteiger partial charge in [-0.05, 0) is 73.1 Å². The monoisotopic (exact) mass is 560 g/mol. The molecule has 1 aromatic heterocycles. The number of hydrogen-bond acceptors (Lipinski definition) is 5. The van der Waals surface area contributed by atoms with E-state index in [4.69, 9.17) is 0 Å². The Morgan fingerprint density at radius 2 is 1.76 bits per heavy atom. The number of para-hydroxylation sites is 2. The number of nitrogens with one attached hydrogen (secondary N) is 3. The Morgan fingerprint density at radius 1 is 1.00 bits per heavy atom. The van der Waals surface area contributed by atoms with Gasteiger partial charge >= 0.3 is 0 Å². The molecule has 1 unspecified atom stereocenters. The molecule has 3 N–H and O–H groups in total. The number of nitrogens with zero attached hydrogens (tertiary/aromatic N) is 3. The fourth-order valence-electron chi connectivity index (χ4n) is 5.52. The van der Waals surface area contributed by atoms with Gasteiger partial charge in [0.2, 0.25) is 5.91 Å². The van der Waals surface area contributed by atoms with E-state index in [1.807, 2.05) is 49.4 Å². The molecule has 0 fully saturated rings. The van der Waals surface area contributed by atoms with E-state index in [0.717, 1.165) is 32.8 Å². The Morgan fingerprint density at radius 3 is 2.57 bits per heavy atom. The summed E-state index contributed by atoms with van der Waals surface area (Å²) < 4.78 is 0. The van der Waals surface area contributed by atoms with Crippen LogP contribution in [-0.2, 0) is 16.1 Å². The lowest BCUT2D eigenvalue weighted by Gasteiger charge is -2.27. The molecule has 0 aliphatic carbocycles. The van der Waals surface area contributed by atoms with Gasteiger partial charge in [-0.15, -0.1) is 0 Å². The largest absolute Gasteiger partial charge is 0.341 e. The van der Waals surface area contributed by atoms with E-state index in [-0.39, 0.29) is 30.8 Å². The van der Waals surface area contributed by atoms with Gasteiger partial charge in [0, 0.05) is 10.9 Å². The average molecular weight is 561 g/mol. The number of likely N-dealkylation sites (N-methyl/N-ethyl adjacent to an activating group) is 1. The highest BCUT2D eigenvalue weighted by Crippen LogP contribution is 2.36. The number of H-pyrrole nitrogens is 1. The Hall–Kier alpha value is -5.02. The average Bonchev–Trinajstić information content (AvgIpc) is 3.46. The van der Waals surface area contributed by atoms with Crippen LogP contribution < -0.4 is 20.4 Å². The highest BCUT2D eigenvalue weighted by molar-refractivity contribution is 6.13. The number of carbonyl (C=O) groups is 3. The maximum atomic E-state index is 14.4. The Labute approximate surface area is 243 Å². The molecule has 0 bridgehead atoms. The summed E-state index contributed by atoms with van der Waals surface area (Å²) in [4.78, 5) is 44.9. The van der Waals surface area contributed by atoms with Crippen LogP contribution in [0, 0.1) is 6.92 Å². The van der Waals surface area contributed by atoms with Crippen LogP contribution in [0.15, 0.2) is 85.1 Å². The van der Waals surface area contributed by atoms with Gasteiger partial charge in [0.15, 0.2) is 0 Å². The Balaban J connectivity index is 1.47. The van der Waals surface area contributed by atoms with Gasteiger partial charge in [-0.3, -0.25) is 19.5 Å². The summed E-state index contributed by atoms with van der Waals surface area (Å²) in [6.07, 6.45) is 1.67. The zero-order chi connectivity index (χ0) is 29.4. The number of aromatic amines is 1. The molecule has 2 heterocycles. The number of carbonyl (C=O) groups excluding carboxylic acids is 3. The first-order valence-electron chi connectivity index (χ1n) is 14.0. The molecule has 9 nitrogen and oxygen atoms in total. The fourth-order valence-corrected chi connectivity index (χ4v) is 5.52. The summed E-state index contributed by atoms with van der Waals surface area (Å²) in [6, 6.07) is 23.5. The van der Waals surface area contributed by atoms with Gasteiger partial charge in [0.25, 0.3) is 11.8 Å². The number of hydrogen-bond donors (Lipinski definition) is 3. The van der Waals surface area contributed by atoms with Crippen LogP contribution >= 0.6 is 0 Å². The molecule has 1 aliphatic rings. The summed E-state index contributed by atoms with van der Waals surface area (Å²) in [5, 5.41) is 15.8. The molecule has 0 radical (unpaired) electrons. The first-order chi connectivity index (χ1) is 20.4. The molecule has 0 saturated heterocycles. The van der Waals surface area contributed by atoms with Gasteiger partial charge in [0.1, 0.15) is 6.04 Å². The van der Waals surface area contributed by atoms with Crippen molar-refractivity contribution in [3.05, 3.63) is 102 Å². The number of amides is 3. The first-order valence-corrected chi connectivity index (χ1v) is 14.0. The quantitative estimate of drug-likeness (QED) is 0.287. The number of aryl methyl sites for hydroxylation is 1. The Bertz CT molecular complexity index is 1830. The molecule has 1 aliphatic heterocycles. The molecule has 4 aromatic carbocycles. The van der Waals surface area contributed by atoms with Crippen LogP contribution in [0.25, 0.3) is 21.7 Å². The van der Waals surface area contributed by atoms with Gasteiger partial charge < -0.3 is 20.4 Å². The van der Waals surface area contributed by atoms with Crippen molar-refractivity contribution in [2.24, 2.45) is 0 Å². The third-order valence-corrected chi connectivity index (χ3v) is 8.06. The zero-order valence-electron chi connectivity index (χ0n) is 23.7. The molecule has 0 spiro atoms. The highest BCUT2D eigenvalue weighted by Gasteiger charge is 2.38. The minimum Gasteiger partial charge on any atom is -0.341 e. The summed E-state index contributed by atoms with van der Waals surface area (Å²) in [5.74, 6) is -0.884. The third-order valence-electron chi connectivity index (χ3n) is 8.06. The van der Waals surface area contributed by atoms with Crippen molar-refractivity contribution in [3.8, 4) is 0 Å². The number of aromatic nitrogens is 2. The van der Waals surface area contributed by atoms with Crippen molar-refractivity contribution in [3.63, 3.8) is 0 Å². The predicted molar refractivity (Wildman–Crippen MR) is 165 cm³/mol. The highest BCUT2D eigenvalue weighted by atomic mass is 16.2. The van der Waals surface area contributed by atoms with Crippen LogP contribution in [0.2, 0.25) is 0 Å². The maximum absolute atomic E-state index is 14.4. The summed E-state index contributed by atoms with van der Waals surface area (Å²) in [6.45, 7) is 4.02. The molecule has 5 aromatic rings. The van der Waals surface area contributed by atoms with E-state index in [0.29, 0.717) is 16.9 Å². The van der Waals surface area contributed by atoms with Crippen LogP contribution in [0.4, 0.5) is 11.4 Å². The van der Waals surface area contributed by atoms with Crippen molar-refractivity contribution < 1.29 is 14.4 Å². The van der Waals surface area contributed by atoms with E-state index < -0.39 is 12.1 Å². The van der Waals surface area contributed by atoms with Crippen molar-refractivity contribution in [2.45, 2.75) is 32.5 Å². The van der Waals surface area contributed by atoms with E-state index in [9.17, 15) is 14.4 Å². The number of anilines is 2. The minimum atomic E-state index is -0.974. The topological polar surface area (TPSA) is 110 Å². The smallest absolute Gasteiger partial charge is 0.258 e. The molecular weight excluding hydrogens is 528 g/mol. The van der Waals surface area contributed by atoms with Crippen molar-refractivity contribution in [1.29, 1.82) is 0 Å². The van der Waals surface area contributed by atoms with E-state index in [1.54, 1.807) is 42.1 Å².